The number of hydrogen-bond acceptors (Lipinski definition) is 4. The predicted molar refractivity (Wildman–Crippen MR) is 117 cm³/mol. The van der Waals surface area contributed by atoms with Crippen LogP contribution in [0.3, 0.4) is 0 Å². The van der Waals surface area contributed by atoms with E-state index in [0.29, 0.717) is 43.1 Å². The predicted octanol–water partition coefficient (Wildman–Crippen LogP) is 5.24. The van der Waals surface area contributed by atoms with Crippen molar-refractivity contribution in [3.8, 4) is 21.7 Å². The topological polar surface area (TPSA) is 42.4 Å². The summed E-state index contributed by atoms with van der Waals surface area (Å²) < 4.78 is 19.3. The van der Waals surface area contributed by atoms with Gasteiger partial charge in [0.05, 0.1) is 30.0 Å². The first-order valence-corrected chi connectivity index (χ1v) is 10.7. The fourth-order valence-corrected chi connectivity index (χ4v) is 4.54. The fourth-order valence-electron chi connectivity index (χ4n) is 3.79. The third-order valence-corrected chi connectivity index (χ3v) is 6.18. The van der Waals surface area contributed by atoms with Gasteiger partial charge in [0.1, 0.15) is 5.82 Å². The maximum Gasteiger partial charge on any atom is 0.254 e. The Hall–Kier alpha value is -3.09. The Kier molecular flexibility index (Phi) is 5.02. The van der Waals surface area contributed by atoms with Crippen LogP contribution in [0.1, 0.15) is 10.4 Å². The molecule has 4 nitrogen and oxygen atoms in total. The molecule has 150 valence electrons. The molecule has 0 bridgehead atoms. The van der Waals surface area contributed by atoms with Crippen LogP contribution in [0.4, 0.5) is 4.39 Å². The van der Waals surface area contributed by atoms with Crippen LogP contribution in [0.25, 0.3) is 32.6 Å². The molecule has 2 aromatic carbocycles. The highest BCUT2D eigenvalue weighted by Crippen LogP contribution is 2.34. The molecule has 2 aromatic heterocycles. The number of pyridine rings is 1. The molecule has 1 saturated heterocycles. The van der Waals surface area contributed by atoms with Crippen LogP contribution in [-0.4, -0.2) is 42.1 Å². The van der Waals surface area contributed by atoms with Crippen molar-refractivity contribution in [1.82, 2.24) is 9.88 Å². The molecule has 1 amide bonds. The molecular weight excluding hydrogens is 399 g/mol. The van der Waals surface area contributed by atoms with Crippen LogP contribution < -0.4 is 0 Å². The molecule has 0 N–H and O–H groups in total. The van der Waals surface area contributed by atoms with E-state index in [1.165, 1.54) is 12.1 Å². The number of rotatable bonds is 3. The van der Waals surface area contributed by atoms with Gasteiger partial charge in [-0.05, 0) is 29.6 Å². The van der Waals surface area contributed by atoms with Crippen molar-refractivity contribution in [2.45, 2.75) is 0 Å². The molecule has 0 atom stereocenters. The minimum atomic E-state index is -0.331. The second-order valence-electron chi connectivity index (χ2n) is 7.15. The highest BCUT2D eigenvalue weighted by molar-refractivity contribution is 7.13. The van der Waals surface area contributed by atoms with Gasteiger partial charge in [-0.3, -0.25) is 4.79 Å². The Morgan fingerprint density at radius 3 is 2.63 bits per heavy atom. The second kappa shape index (κ2) is 7.97. The van der Waals surface area contributed by atoms with Gasteiger partial charge in [0.15, 0.2) is 0 Å². The smallest absolute Gasteiger partial charge is 0.254 e. The first-order chi connectivity index (χ1) is 14.7. The molecule has 1 fully saturated rings. The SMILES string of the molecule is O=C(c1cc(-c2cccc(F)c2)nc2c(-c3cccs3)cccc12)N1CCOCC1. The average molecular weight is 418 g/mol. The number of carbonyl (C=O) groups excluding carboxylic acids is 1. The van der Waals surface area contributed by atoms with Crippen molar-refractivity contribution in [3.05, 3.63) is 77.4 Å². The zero-order valence-electron chi connectivity index (χ0n) is 16.2. The normalized spacial score (nSPS) is 14.2. The number of aromatic nitrogens is 1. The van der Waals surface area contributed by atoms with Gasteiger partial charge in [-0.15, -0.1) is 11.3 Å². The average Bonchev–Trinajstić information content (AvgIpc) is 3.33. The number of thiophene rings is 1. The summed E-state index contributed by atoms with van der Waals surface area (Å²) in [6, 6.07) is 18.0. The molecule has 5 rings (SSSR count). The number of carbonyl (C=O) groups is 1. The number of hydrogen-bond donors (Lipinski definition) is 0. The summed E-state index contributed by atoms with van der Waals surface area (Å²) in [5.74, 6) is -0.381. The van der Waals surface area contributed by atoms with Crippen LogP contribution in [0, 0.1) is 5.82 Å². The third kappa shape index (κ3) is 3.49. The van der Waals surface area contributed by atoms with E-state index in [-0.39, 0.29) is 11.7 Å². The van der Waals surface area contributed by atoms with Crippen LogP contribution >= 0.6 is 11.3 Å². The van der Waals surface area contributed by atoms with Gasteiger partial charge in [0.2, 0.25) is 0 Å². The van der Waals surface area contributed by atoms with E-state index in [2.05, 4.69) is 0 Å². The molecule has 0 aliphatic carbocycles. The van der Waals surface area contributed by atoms with Gasteiger partial charge in [0.25, 0.3) is 5.91 Å². The monoisotopic (exact) mass is 418 g/mol. The quantitative estimate of drug-likeness (QED) is 0.457. The minimum Gasteiger partial charge on any atom is -0.378 e. The molecule has 1 aliphatic heterocycles. The minimum absolute atomic E-state index is 0.0494. The number of ether oxygens (including phenoxy) is 1. The van der Waals surface area contributed by atoms with Crippen LogP contribution in [-0.2, 0) is 4.74 Å². The van der Waals surface area contributed by atoms with E-state index >= 15 is 0 Å². The molecule has 30 heavy (non-hydrogen) atoms. The Labute approximate surface area is 177 Å². The van der Waals surface area contributed by atoms with Gasteiger partial charge >= 0.3 is 0 Å². The Morgan fingerprint density at radius 2 is 1.87 bits per heavy atom. The summed E-state index contributed by atoms with van der Waals surface area (Å²) >= 11 is 1.63. The van der Waals surface area contributed by atoms with Crippen molar-refractivity contribution in [2.75, 3.05) is 26.3 Å². The summed E-state index contributed by atoms with van der Waals surface area (Å²) in [5, 5.41) is 2.82. The number of amides is 1. The molecule has 1 aliphatic rings. The summed E-state index contributed by atoms with van der Waals surface area (Å²) in [6.07, 6.45) is 0. The number of morpholine rings is 1. The fraction of sp³-hybridized carbons (Fsp3) is 0.167. The Morgan fingerprint density at radius 1 is 1.03 bits per heavy atom. The van der Waals surface area contributed by atoms with Crippen molar-refractivity contribution < 1.29 is 13.9 Å². The molecule has 0 saturated carbocycles. The number of halogens is 1. The van der Waals surface area contributed by atoms with Gasteiger partial charge in [0, 0.05) is 34.5 Å². The molecule has 4 aromatic rings. The van der Waals surface area contributed by atoms with E-state index in [0.717, 1.165) is 21.3 Å². The third-order valence-electron chi connectivity index (χ3n) is 5.28. The van der Waals surface area contributed by atoms with Crippen molar-refractivity contribution in [2.24, 2.45) is 0 Å². The lowest BCUT2D eigenvalue weighted by Gasteiger charge is -2.27. The van der Waals surface area contributed by atoms with E-state index in [1.54, 1.807) is 23.5 Å². The van der Waals surface area contributed by atoms with Crippen molar-refractivity contribution in [1.29, 1.82) is 0 Å². The number of benzene rings is 2. The molecule has 6 heteroatoms. The summed E-state index contributed by atoms with van der Waals surface area (Å²) in [7, 11) is 0. The standard InChI is InChI=1S/C24H19FN2O2S/c25-17-5-1-4-16(14-17)21-15-20(24(28)27-9-11-29-12-10-27)18-6-2-7-19(23(18)26-21)22-8-3-13-30-22/h1-8,13-15H,9-12H2. The molecule has 0 unspecified atom stereocenters. The van der Waals surface area contributed by atoms with Crippen molar-refractivity contribution in [3.63, 3.8) is 0 Å². The van der Waals surface area contributed by atoms with Crippen molar-refractivity contribution >= 4 is 28.1 Å². The Bertz CT molecular complexity index is 1220. The van der Waals surface area contributed by atoms with E-state index < -0.39 is 0 Å². The molecule has 0 radical (unpaired) electrons. The molecule has 0 spiro atoms. The summed E-state index contributed by atoms with van der Waals surface area (Å²) in [4.78, 5) is 21.2. The second-order valence-corrected chi connectivity index (χ2v) is 8.10. The zero-order valence-corrected chi connectivity index (χ0v) is 17.0. The van der Waals surface area contributed by atoms with Gasteiger partial charge in [-0.2, -0.15) is 0 Å². The van der Waals surface area contributed by atoms with E-state index in [4.69, 9.17) is 9.72 Å². The molecular formula is C24H19FN2O2S. The first-order valence-electron chi connectivity index (χ1n) is 9.81. The lowest BCUT2D eigenvalue weighted by molar-refractivity contribution is 0.0304. The number of fused-ring (bicyclic) bond motifs is 1. The van der Waals surface area contributed by atoms with Gasteiger partial charge < -0.3 is 9.64 Å². The van der Waals surface area contributed by atoms with Gasteiger partial charge in [-0.1, -0.05) is 36.4 Å². The number of para-hydroxylation sites is 1. The zero-order chi connectivity index (χ0) is 20.5. The summed E-state index contributed by atoms with van der Waals surface area (Å²) in [6.45, 7) is 2.18. The largest absolute Gasteiger partial charge is 0.378 e. The molecule has 3 heterocycles. The lowest BCUT2D eigenvalue weighted by atomic mass is 9.99. The Balaban J connectivity index is 1.75. The van der Waals surface area contributed by atoms with Crippen LogP contribution in [0.2, 0.25) is 0 Å². The first kappa shape index (κ1) is 18.9. The lowest BCUT2D eigenvalue weighted by Crippen LogP contribution is -2.40. The van der Waals surface area contributed by atoms with E-state index in [9.17, 15) is 9.18 Å². The van der Waals surface area contributed by atoms with Crippen LogP contribution in [0.5, 0.6) is 0 Å². The van der Waals surface area contributed by atoms with Crippen LogP contribution in [0.15, 0.2) is 66.0 Å². The summed E-state index contributed by atoms with van der Waals surface area (Å²) in [5.41, 5.74) is 3.53. The van der Waals surface area contributed by atoms with E-state index in [1.807, 2.05) is 46.7 Å². The maximum atomic E-state index is 13.9. The maximum absolute atomic E-state index is 13.9. The highest BCUT2D eigenvalue weighted by atomic mass is 32.1. The van der Waals surface area contributed by atoms with Gasteiger partial charge in [-0.25, -0.2) is 9.37 Å². The highest BCUT2D eigenvalue weighted by Gasteiger charge is 2.23. The number of nitrogens with zero attached hydrogens (tertiary/aromatic N) is 2.